The number of piperidine rings is 2. The van der Waals surface area contributed by atoms with Crippen LogP contribution in [0.1, 0.15) is 40.9 Å². The first-order valence-corrected chi connectivity index (χ1v) is 11.3. The van der Waals surface area contributed by atoms with Crippen molar-refractivity contribution < 1.29 is 22.4 Å². The first kappa shape index (κ1) is 23.1. The first-order chi connectivity index (χ1) is 16.7. The molecule has 2 saturated heterocycles. The summed E-state index contributed by atoms with van der Waals surface area (Å²) in [5, 5.41) is 2.96. The zero-order chi connectivity index (χ0) is 24.7. The molecule has 1 aliphatic carbocycles. The number of nitrogens with zero attached hydrogens (tertiary/aromatic N) is 5. The number of alkyl halides is 3. The van der Waals surface area contributed by atoms with Gasteiger partial charge < -0.3 is 10.2 Å². The van der Waals surface area contributed by atoms with Crippen LogP contribution < -0.4 is 5.32 Å². The standard InChI is InChI=1S/C24H22F4N6O/c1-13-3-5-16(20(32-13)22-29-7-2-8-30-22)23(35)34-12-14-4-6-19(34)18(9-14)33-21-17(25)10-15(11-31-21)24(26,27)28/h2-3,5,7-8,10-11,14,18-19H,4,6,9,12H2,1H3,(H,31,33). The van der Waals surface area contributed by atoms with E-state index in [1.54, 1.807) is 35.5 Å². The largest absolute Gasteiger partial charge is 0.417 e. The summed E-state index contributed by atoms with van der Waals surface area (Å²) >= 11 is 0. The summed E-state index contributed by atoms with van der Waals surface area (Å²) in [4.78, 5) is 32.1. The first-order valence-electron chi connectivity index (χ1n) is 11.3. The van der Waals surface area contributed by atoms with E-state index in [0.717, 1.165) is 6.42 Å². The summed E-state index contributed by atoms with van der Waals surface area (Å²) < 4.78 is 53.1. The van der Waals surface area contributed by atoms with Gasteiger partial charge in [0.25, 0.3) is 5.91 Å². The molecule has 11 heteroatoms. The molecule has 0 aromatic carbocycles. The van der Waals surface area contributed by atoms with Gasteiger partial charge in [-0.3, -0.25) is 4.79 Å². The second kappa shape index (κ2) is 8.86. The Hall–Kier alpha value is -3.63. The number of carbonyl (C=O) groups excluding carboxylic acids is 1. The Balaban J connectivity index is 1.42. The fourth-order valence-corrected chi connectivity index (χ4v) is 4.93. The van der Waals surface area contributed by atoms with Gasteiger partial charge in [0.05, 0.1) is 17.2 Å². The minimum Gasteiger partial charge on any atom is -0.363 e. The lowest BCUT2D eigenvalue weighted by atomic mass is 9.76. The Labute approximate surface area is 198 Å². The number of nitrogens with one attached hydrogen (secondary N) is 1. The SMILES string of the molecule is Cc1ccc(C(=O)N2CC3CCC2C(Nc2ncc(C(F)(F)F)cc2F)C3)c(-c2ncccn2)n1. The number of anilines is 1. The lowest BCUT2D eigenvalue weighted by molar-refractivity contribution is -0.138. The zero-order valence-corrected chi connectivity index (χ0v) is 18.8. The molecule has 3 aliphatic rings. The summed E-state index contributed by atoms with van der Waals surface area (Å²) in [5.41, 5.74) is 0.321. The van der Waals surface area contributed by atoms with Crippen LogP contribution in [-0.4, -0.2) is 49.4 Å². The third-order valence-corrected chi connectivity index (χ3v) is 6.57. The maximum absolute atomic E-state index is 14.4. The van der Waals surface area contributed by atoms with Crippen molar-refractivity contribution in [2.45, 2.75) is 44.4 Å². The van der Waals surface area contributed by atoms with Crippen LogP contribution in [0.5, 0.6) is 0 Å². The van der Waals surface area contributed by atoms with E-state index < -0.39 is 17.6 Å². The molecule has 35 heavy (non-hydrogen) atoms. The van der Waals surface area contributed by atoms with Crippen molar-refractivity contribution in [3.8, 4) is 11.5 Å². The Morgan fingerprint density at radius 1 is 1.14 bits per heavy atom. The van der Waals surface area contributed by atoms with Gasteiger partial charge in [0.2, 0.25) is 0 Å². The van der Waals surface area contributed by atoms with Crippen molar-refractivity contribution in [1.29, 1.82) is 0 Å². The van der Waals surface area contributed by atoms with Crippen molar-refractivity contribution in [2.24, 2.45) is 5.92 Å². The van der Waals surface area contributed by atoms with Gasteiger partial charge in [-0.1, -0.05) is 0 Å². The van der Waals surface area contributed by atoms with E-state index in [1.165, 1.54) is 0 Å². The van der Waals surface area contributed by atoms with E-state index in [1.807, 2.05) is 6.92 Å². The normalized spacial score (nSPS) is 21.7. The number of rotatable bonds is 4. The monoisotopic (exact) mass is 486 g/mol. The Morgan fingerprint density at radius 3 is 2.60 bits per heavy atom. The highest BCUT2D eigenvalue weighted by Crippen LogP contribution is 2.38. The van der Waals surface area contributed by atoms with Gasteiger partial charge in [-0.05, 0) is 56.4 Å². The Bertz CT molecular complexity index is 1250. The molecule has 182 valence electrons. The second-order valence-electron chi connectivity index (χ2n) is 8.93. The number of hydrogen-bond donors (Lipinski definition) is 1. The summed E-state index contributed by atoms with van der Waals surface area (Å²) in [6.45, 7) is 2.35. The molecule has 3 aromatic heterocycles. The van der Waals surface area contributed by atoms with E-state index in [-0.39, 0.29) is 29.7 Å². The van der Waals surface area contributed by atoms with Gasteiger partial charge in [0, 0.05) is 36.9 Å². The number of hydrogen-bond acceptors (Lipinski definition) is 6. The van der Waals surface area contributed by atoms with E-state index in [9.17, 15) is 22.4 Å². The number of halogens is 4. The van der Waals surface area contributed by atoms with Gasteiger partial charge in [-0.25, -0.2) is 24.3 Å². The fraction of sp³-hybridized carbons (Fsp3) is 0.375. The van der Waals surface area contributed by atoms with Crippen molar-refractivity contribution in [2.75, 3.05) is 11.9 Å². The molecule has 3 aromatic rings. The maximum atomic E-state index is 14.4. The van der Waals surface area contributed by atoms with Crippen molar-refractivity contribution >= 4 is 11.7 Å². The Kier molecular flexibility index (Phi) is 5.86. The van der Waals surface area contributed by atoms with E-state index >= 15 is 0 Å². The number of aromatic nitrogens is 4. The van der Waals surface area contributed by atoms with Crippen LogP contribution in [-0.2, 0) is 6.18 Å². The highest BCUT2D eigenvalue weighted by Gasteiger charge is 2.44. The molecule has 2 bridgehead atoms. The third-order valence-electron chi connectivity index (χ3n) is 6.57. The van der Waals surface area contributed by atoms with Crippen LogP contribution in [0.15, 0.2) is 42.9 Å². The average Bonchev–Trinajstić information content (AvgIpc) is 2.85. The molecule has 1 amide bonds. The lowest BCUT2D eigenvalue weighted by Gasteiger charge is -2.50. The number of aryl methyl sites for hydroxylation is 1. The van der Waals surface area contributed by atoms with Crippen LogP contribution in [0, 0.1) is 18.7 Å². The lowest BCUT2D eigenvalue weighted by Crippen LogP contribution is -2.60. The number of carbonyl (C=O) groups is 1. The number of pyridine rings is 2. The molecule has 1 saturated carbocycles. The highest BCUT2D eigenvalue weighted by molar-refractivity contribution is 5.99. The second-order valence-corrected chi connectivity index (χ2v) is 8.93. The van der Waals surface area contributed by atoms with Gasteiger partial charge in [-0.15, -0.1) is 0 Å². The predicted octanol–water partition coefficient (Wildman–Crippen LogP) is 4.51. The quantitative estimate of drug-likeness (QED) is 0.547. The molecule has 3 unspecified atom stereocenters. The van der Waals surface area contributed by atoms with Crippen molar-refractivity contribution in [3.63, 3.8) is 0 Å². The van der Waals surface area contributed by atoms with Gasteiger partial charge in [0.1, 0.15) is 5.69 Å². The molecule has 2 aliphatic heterocycles. The number of fused-ring (bicyclic) bond motifs is 3. The van der Waals surface area contributed by atoms with Crippen LogP contribution >= 0.6 is 0 Å². The molecule has 1 N–H and O–H groups in total. The van der Waals surface area contributed by atoms with Gasteiger partial charge in [0.15, 0.2) is 17.5 Å². The van der Waals surface area contributed by atoms with Crippen LogP contribution in [0.3, 0.4) is 0 Å². The van der Waals surface area contributed by atoms with Crippen LogP contribution in [0.4, 0.5) is 23.4 Å². The molecule has 5 heterocycles. The van der Waals surface area contributed by atoms with Crippen LogP contribution in [0.2, 0.25) is 0 Å². The molecular weight excluding hydrogens is 464 g/mol. The minimum atomic E-state index is -4.68. The molecule has 6 rings (SSSR count). The molecule has 0 radical (unpaired) electrons. The van der Waals surface area contributed by atoms with E-state index in [0.29, 0.717) is 54.4 Å². The molecular formula is C24H22F4N6O. The van der Waals surface area contributed by atoms with Crippen LogP contribution in [0.25, 0.3) is 11.5 Å². The summed E-state index contributed by atoms with van der Waals surface area (Å²) in [7, 11) is 0. The average molecular weight is 486 g/mol. The highest BCUT2D eigenvalue weighted by atomic mass is 19.4. The summed E-state index contributed by atoms with van der Waals surface area (Å²) in [5.74, 6) is -1.05. The molecule has 0 spiro atoms. The summed E-state index contributed by atoms with van der Waals surface area (Å²) in [6.07, 6.45) is 1.35. The summed E-state index contributed by atoms with van der Waals surface area (Å²) in [6, 6.07) is 4.94. The zero-order valence-electron chi connectivity index (χ0n) is 18.8. The fourth-order valence-electron chi connectivity index (χ4n) is 4.93. The molecule has 7 nitrogen and oxygen atoms in total. The van der Waals surface area contributed by atoms with Gasteiger partial charge in [-0.2, -0.15) is 13.2 Å². The van der Waals surface area contributed by atoms with Crippen molar-refractivity contribution in [3.05, 3.63) is 65.5 Å². The smallest absolute Gasteiger partial charge is 0.363 e. The number of amides is 1. The van der Waals surface area contributed by atoms with E-state index in [2.05, 4.69) is 25.3 Å². The Morgan fingerprint density at radius 2 is 1.91 bits per heavy atom. The minimum absolute atomic E-state index is 0.175. The molecule has 3 fully saturated rings. The van der Waals surface area contributed by atoms with Gasteiger partial charge >= 0.3 is 6.18 Å². The molecule has 3 atom stereocenters. The maximum Gasteiger partial charge on any atom is 0.417 e. The van der Waals surface area contributed by atoms with Crippen molar-refractivity contribution in [1.82, 2.24) is 24.8 Å². The van der Waals surface area contributed by atoms with E-state index in [4.69, 9.17) is 0 Å². The topological polar surface area (TPSA) is 83.9 Å². The predicted molar refractivity (Wildman–Crippen MR) is 119 cm³/mol. The third kappa shape index (κ3) is 4.54.